The molecule has 5 aromatic rings. The molecule has 1 aromatic heterocycles. The largest absolute Gasteiger partial charge is 0.664 e. The molecule has 0 saturated carbocycles. The number of benzene rings is 4. The average Bonchev–Trinajstić information content (AvgIpc) is 3.61. The van der Waals surface area contributed by atoms with Gasteiger partial charge in [-0.15, -0.1) is 12.2 Å². The second-order valence-corrected chi connectivity index (χ2v) is 12.5. The molecule has 0 fully saturated rings. The van der Waals surface area contributed by atoms with Gasteiger partial charge >= 0.3 is 0 Å². The summed E-state index contributed by atoms with van der Waals surface area (Å²) in [4.78, 5) is 9.01. The van der Waals surface area contributed by atoms with E-state index in [1.165, 1.54) is 50.4 Å². The maximum atomic E-state index is 4.12. The normalized spacial score (nSPS) is 12.7. The Morgan fingerprint density at radius 2 is 0.884 bits per heavy atom. The van der Waals surface area contributed by atoms with Crippen LogP contribution in [0, 0.1) is 6.67 Å². The van der Waals surface area contributed by atoms with Gasteiger partial charge in [-0.2, -0.15) is 6.20 Å². The van der Waals surface area contributed by atoms with Gasteiger partial charge in [0.15, 0.2) is 0 Å². The van der Waals surface area contributed by atoms with Crippen molar-refractivity contribution < 1.29 is 22.4 Å². The Morgan fingerprint density at radius 1 is 0.488 bits per heavy atom. The smallest absolute Gasteiger partial charge is 0.0345 e. The minimum absolute atomic E-state index is 0. The molecule has 2 heterocycles. The summed E-state index contributed by atoms with van der Waals surface area (Å²) in [5.41, 5.74) is 11.9. The van der Waals surface area contributed by atoms with E-state index >= 15 is 0 Å². The Bertz CT molecular complexity index is 1470. The number of rotatable bonds is 6. The molecule has 43 heavy (non-hydrogen) atoms. The van der Waals surface area contributed by atoms with Gasteiger partial charge in [-0.3, -0.25) is 0 Å². The van der Waals surface area contributed by atoms with Crippen LogP contribution in [-0.2, 0) is 22.4 Å². The molecule has 0 unspecified atom stereocenters. The summed E-state index contributed by atoms with van der Waals surface area (Å²) in [7, 11) is 0. The number of anilines is 4. The Kier molecular flexibility index (Phi) is 10.7. The summed E-state index contributed by atoms with van der Waals surface area (Å²) < 4.78 is 0. The van der Waals surface area contributed by atoms with Crippen LogP contribution in [-0.4, -0.2) is 0 Å². The summed E-state index contributed by atoms with van der Waals surface area (Å²) in [5, 5.41) is 1.22. The van der Waals surface area contributed by atoms with E-state index in [0.29, 0.717) is 23.7 Å². The molecule has 1 radical (unpaired) electrons. The van der Waals surface area contributed by atoms with Crippen molar-refractivity contribution in [3.8, 4) is 0 Å². The van der Waals surface area contributed by atoms with Crippen LogP contribution in [0.1, 0.15) is 101 Å². The first-order valence-corrected chi connectivity index (χ1v) is 15.4. The van der Waals surface area contributed by atoms with Crippen molar-refractivity contribution in [1.29, 1.82) is 0 Å². The van der Waals surface area contributed by atoms with Crippen LogP contribution in [0.15, 0.2) is 97.2 Å². The molecule has 0 spiro atoms. The molecule has 3 nitrogen and oxygen atoms in total. The van der Waals surface area contributed by atoms with Gasteiger partial charge in [0.1, 0.15) is 0 Å². The molecule has 0 N–H and O–H groups in total. The summed E-state index contributed by atoms with van der Waals surface area (Å²) in [5.74, 6) is 1.79. The molecule has 4 heteroatoms. The van der Waals surface area contributed by atoms with Crippen molar-refractivity contribution in [1.82, 2.24) is 4.98 Å². The van der Waals surface area contributed by atoms with Crippen molar-refractivity contribution >= 4 is 33.7 Å². The molecule has 229 valence electrons. The fraction of sp³-hybridized carbons (Fsp3) is 0.308. The molecule has 1 aliphatic rings. The van der Waals surface area contributed by atoms with E-state index in [1.54, 1.807) is 0 Å². The van der Waals surface area contributed by atoms with Crippen LogP contribution in [0.3, 0.4) is 0 Å². The first kappa shape index (κ1) is 32.7. The van der Waals surface area contributed by atoms with Gasteiger partial charge in [0.2, 0.25) is 0 Å². The molecule has 0 amide bonds. The Hall–Kier alpha value is -3.24. The van der Waals surface area contributed by atoms with Gasteiger partial charge in [0.25, 0.3) is 0 Å². The van der Waals surface area contributed by atoms with Crippen LogP contribution >= 0.6 is 0 Å². The van der Waals surface area contributed by atoms with Gasteiger partial charge in [-0.25, -0.2) is 0 Å². The van der Waals surface area contributed by atoms with Gasteiger partial charge in [-0.1, -0.05) is 134 Å². The number of hydrogen-bond donors (Lipinski definition) is 0. The number of para-hydroxylation sites is 5. The summed E-state index contributed by atoms with van der Waals surface area (Å²) >= 11 is 0. The number of nitrogens with zero attached hydrogens (tertiary/aromatic N) is 3. The summed E-state index contributed by atoms with van der Waals surface area (Å²) in [6.07, 6.45) is 1.82. The summed E-state index contributed by atoms with van der Waals surface area (Å²) in [6.45, 7) is 20.7. The standard InChI is InChI=1S/C31H39N2.C8H6N.Au/c1-20(2)24-13-11-14-25(21(3)4)30(24)32-19-33(29-18-10-9-17-28(29)32)31-26(22(5)6)15-12-16-27(31)23(7)8;1-2-4-8-7(3-1)5-6-9-8;/h9-23H,1-8H3;1-6H;/q2*-1;. The van der Waals surface area contributed by atoms with E-state index in [9.17, 15) is 0 Å². The van der Waals surface area contributed by atoms with Crippen LogP contribution in [0.25, 0.3) is 10.9 Å². The Balaban J connectivity index is 0.000000358. The molecule has 4 aromatic carbocycles. The number of hydrogen-bond acceptors (Lipinski definition) is 2. The van der Waals surface area contributed by atoms with Crippen molar-refractivity contribution in [2.75, 3.05) is 9.80 Å². The van der Waals surface area contributed by atoms with E-state index < -0.39 is 0 Å². The van der Waals surface area contributed by atoms with Crippen molar-refractivity contribution in [3.05, 3.63) is 126 Å². The molecular weight excluding hydrogens is 707 g/mol. The predicted octanol–water partition coefficient (Wildman–Crippen LogP) is 11.4. The van der Waals surface area contributed by atoms with Crippen molar-refractivity contribution in [2.45, 2.75) is 79.1 Å². The quantitative estimate of drug-likeness (QED) is 0.127. The zero-order valence-electron chi connectivity index (χ0n) is 26.8. The molecule has 0 bridgehead atoms. The van der Waals surface area contributed by atoms with Crippen LogP contribution in [0.4, 0.5) is 22.7 Å². The number of aromatic nitrogens is 1. The van der Waals surface area contributed by atoms with E-state index in [1.807, 2.05) is 30.5 Å². The minimum atomic E-state index is 0. The minimum Gasteiger partial charge on any atom is -0.664 e. The Labute approximate surface area is 274 Å². The third-order valence-corrected chi connectivity index (χ3v) is 8.20. The predicted molar refractivity (Wildman–Crippen MR) is 182 cm³/mol. The third-order valence-electron chi connectivity index (χ3n) is 8.20. The van der Waals surface area contributed by atoms with E-state index in [0.717, 1.165) is 5.52 Å². The molecule has 1 aliphatic heterocycles. The summed E-state index contributed by atoms with van der Waals surface area (Å²) in [6, 6.07) is 32.6. The molecule has 0 aliphatic carbocycles. The third kappa shape index (κ3) is 6.65. The van der Waals surface area contributed by atoms with Crippen molar-refractivity contribution in [2.24, 2.45) is 0 Å². The zero-order chi connectivity index (χ0) is 30.0. The van der Waals surface area contributed by atoms with Crippen LogP contribution in [0.2, 0.25) is 0 Å². The molecule has 0 atom stereocenters. The average molecular weight is 753 g/mol. The fourth-order valence-corrected chi connectivity index (χ4v) is 5.99. The molecule has 6 rings (SSSR count). The molecule has 0 saturated heterocycles. The van der Waals surface area contributed by atoms with Crippen molar-refractivity contribution in [3.63, 3.8) is 0 Å². The maximum absolute atomic E-state index is 4.12. The van der Waals surface area contributed by atoms with Gasteiger partial charge < -0.3 is 14.8 Å². The van der Waals surface area contributed by atoms with E-state index in [4.69, 9.17) is 0 Å². The second kappa shape index (κ2) is 14.0. The zero-order valence-corrected chi connectivity index (χ0v) is 28.9. The topological polar surface area (TPSA) is 20.6 Å². The first-order valence-electron chi connectivity index (χ1n) is 15.4. The van der Waals surface area contributed by atoms with Gasteiger partial charge in [-0.05, 0) is 63.4 Å². The molecular formula is C39H45AuN3-2. The van der Waals surface area contributed by atoms with Gasteiger partial charge in [0.05, 0.1) is 0 Å². The maximum Gasteiger partial charge on any atom is 0.0345 e. The second-order valence-electron chi connectivity index (χ2n) is 12.5. The van der Waals surface area contributed by atoms with Crippen LogP contribution < -0.4 is 14.8 Å². The van der Waals surface area contributed by atoms with E-state index in [2.05, 4.69) is 144 Å². The SMILES string of the molecule is CC(C)c1cccc(C(C)C)c1N1[CH-]N(c2c(C(C)C)cccc2C(C)C)c2ccccc21.[Au].c1ccc2[n-]ccc2c1. The van der Waals surface area contributed by atoms with E-state index in [-0.39, 0.29) is 22.4 Å². The monoisotopic (exact) mass is 752 g/mol. The van der Waals surface area contributed by atoms with Gasteiger partial charge in [0, 0.05) is 45.1 Å². The Morgan fingerprint density at radius 3 is 1.28 bits per heavy atom. The van der Waals surface area contributed by atoms with Crippen LogP contribution in [0.5, 0.6) is 0 Å². The first-order chi connectivity index (χ1) is 20.2. The number of fused-ring (bicyclic) bond motifs is 2. The fourth-order valence-electron chi connectivity index (χ4n) is 5.99.